The predicted octanol–water partition coefficient (Wildman–Crippen LogP) is 2.27. The average Bonchev–Trinajstić information content (AvgIpc) is 2.63. The van der Waals surface area contributed by atoms with Gasteiger partial charge >= 0.3 is 0 Å². The third-order valence-corrected chi connectivity index (χ3v) is 3.94. The van der Waals surface area contributed by atoms with E-state index in [0.29, 0.717) is 19.0 Å². The van der Waals surface area contributed by atoms with E-state index in [-0.39, 0.29) is 5.69 Å². The highest BCUT2D eigenvalue weighted by Gasteiger charge is 2.17. The number of hydrogen-bond donors (Lipinski definition) is 1. The summed E-state index contributed by atoms with van der Waals surface area (Å²) in [5.41, 5.74) is 7.85. The molecule has 6 nitrogen and oxygen atoms in total. The van der Waals surface area contributed by atoms with Crippen molar-refractivity contribution < 1.29 is 9.53 Å². The van der Waals surface area contributed by atoms with Crippen molar-refractivity contribution in [3.63, 3.8) is 0 Å². The first-order valence-electron chi connectivity index (χ1n) is 7.97. The lowest BCUT2D eigenvalue weighted by atomic mass is 9.98. The van der Waals surface area contributed by atoms with Crippen molar-refractivity contribution in [1.82, 2.24) is 9.97 Å². The normalized spacial score (nSPS) is 14.2. The van der Waals surface area contributed by atoms with Crippen molar-refractivity contribution in [2.24, 2.45) is 5.73 Å². The fourth-order valence-electron chi connectivity index (χ4n) is 2.76. The minimum atomic E-state index is -0.566. The summed E-state index contributed by atoms with van der Waals surface area (Å²) in [4.78, 5) is 21.6. The first-order chi connectivity index (χ1) is 11.7. The number of primary amides is 1. The van der Waals surface area contributed by atoms with Crippen LogP contribution in [0.4, 0.5) is 5.82 Å². The minimum Gasteiger partial charge on any atom is -0.493 e. The van der Waals surface area contributed by atoms with Crippen molar-refractivity contribution >= 4 is 17.3 Å². The van der Waals surface area contributed by atoms with E-state index in [0.717, 1.165) is 24.3 Å². The van der Waals surface area contributed by atoms with Gasteiger partial charge in [-0.1, -0.05) is 24.3 Å². The highest BCUT2D eigenvalue weighted by molar-refractivity contribution is 5.90. The number of ether oxygens (including phenoxy) is 1. The molecule has 0 saturated heterocycles. The number of hydrogen-bond acceptors (Lipinski definition) is 5. The number of nitrogens with two attached hydrogens (primary N) is 1. The summed E-state index contributed by atoms with van der Waals surface area (Å²) >= 11 is 0. The van der Waals surface area contributed by atoms with Gasteiger partial charge in [-0.15, -0.1) is 0 Å². The number of rotatable bonds is 5. The quantitative estimate of drug-likeness (QED) is 0.912. The summed E-state index contributed by atoms with van der Waals surface area (Å²) in [6, 6.07) is 8.08. The van der Waals surface area contributed by atoms with Crippen molar-refractivity contribution in [1.29, 1.82) is 0 Å². The van der Waals surface area contributed by atoms with Gasteiger partial charge in [0, 0.05) is 18.7 Å². The molecule has 0 atom stereocenters. The molecule has 1 aromatic carbocycles. The molecule has 2 N–H and O–H groups in total. The average molecular weight is 324 g/mol. The van der Waals surface area contributed by atoms with E-state index in [1.165, 1.54) is 11.8 Å². The molecule has 2 heterocycles. The zero-order chi connectivity index (χ0) is 16.9. The fraction of sp³-hybridized carbons (Fsp3) is 0.278. The van der Waals surface area contributed by atoms with Crippen molar-refractivity contribution in [3.8, 4) is 5.75 Å². The lowest BCUT2D eigenvalue weighted by Crippen LogP contribution is -2.30. The molecule has 0 bridgehead atoms. The Morgan fingerprint density at radius 2 is 2.17 bits per heavy atom. The van der Waals surface area contributed by atoms with Crippen LogP contribution < -0.4 is 15.4 Å². The fourth-order valence-corrected chi connectivity index (χ4v) is 2.76. The molecule has 0 unspecified atom stereocenters. The third kappa shape index (κ3) is 3.37. The number of amides is 1. The molecular formula is C18H20N4O2. The summed E-state index contributed by atoms with van der Waals surface area (Å²) < 4.78 is 5.72. The Bertz CT molecular complexity index is 773. The van der Waals surface area contributed by atoms with Crippen LogP contribution >= 0.6 is 0 Å². The number of aromatic nitrogens is 2. The number of nitrogens with zero attached hydrogens (tertiary/aromatic N) is 3. The second-order valence-electron chi connectivity index (χ2n) is 5.48. The lowest BCUT2D eigenvalue weighted by molar-refractivity contribution is 0.0995. The summed E-state index contributed by atoms with van der Waals surface area (Å²) in [6.07, 6.45) is 6.07. The molecule has 0 aliphatic carbocycles. The summed E-state index contributed by atoms with van der Waals surface area (Å²) in [5, 5.41) is 0. The summed E-state index contributed by atoms with van der Waals surface area (Å²) in [6.45, 7) is 4.12. The monoisotopic (exact) mass is 324 g/mol. The molecule has 3 rings (SSSR count). The second-order valence-corrected chi connectivity index (χ2v) is 5.48. The van der Waals surface area contributed by atoms with Crippen LogP contribution in [0.15, 0.2) is 42.7 Å². The van der Waals surface area contributed by atoms with Crippen LogP contribution in [0.1, 0.15) is 29.4 Å². The zero-order valence-corrected chi connectivity index (χ0v) is 13.6. The van der Waals surface area contributed by atoms with Crippen LogP contribution in [-0.4, -0.2) is 35.6 Å². The number of carbonyl (C=O) groups excluding carboxylic acids is 1. The molecule has 1 amide bonds. The van der Waals surface area contributed by atoms with E-state index >= 15 is 0 Å². The van der Waals surface area contributed by atoms with E-state index in [1.54, 1.807) is 6.20 Å². The van der Waals surface area contributed by atoms with Gasteiger partial charge in [0.15, 0.2) is 0 Å². The first kappa shape index (κ1) is 16.0. The van der Waals surface area contributed by atoms with Crippen LogP contribution in [0.3, 0.4) is 0 Å². The largest absolute Gasteiger partial charge is 0.493 e. The van der Waals surface area contributed by atoms with Crippen LogP contribution in [0.5, 0.6) is 5.75 Å². The Kier molecular flexibility index (Phi) is 4.74. The SMILES string of the molecule is CCOc1ccccc1C1=CCN(c2cncc(C(N)=O)n2)CC1. The summed E-state index contributed by atoms with van der Waals surface area (Å²) in [5.74, 6) is 1.01. The van der Waals surface area contributed by atoms with E-state index in [4.69, 9.17) is 10.5 Å². The van der Waals surface area contributed by atoms with E-state index in [1.807, 2.05) is 25.1 Å². The van der Waals surface area contributed by atoms with Gasteiger partial charge in [0.05, 0.1) is 19.0 Å². The minimum absolute atomic E-state index is 0.184. The van der Waals surface area contributed by atoms with E-state index in [9.17, 15) is 4.79 Å². The van der Waals surface area contributed by atoms with Gasteiger partial charge in [0.25, 0.3) is 5.91 Å². The predicted molar refractivity (Wildman–Crippen MR) is 93.0 cm³/mol. The molecular weight excluding hydrogens is 304 g/mol. The van der Waals surface area contributed by atoms with Crippen molar-refractivity contribution in [3.05, 3.63) is 54.0 Å². The van der Waals surface area contributed by atoms with Crippen LogP contribution in [-0.2, 0) is 0 Å². The number of benzene rings is 1. The topological polar surface area (TPSA) is 81.3 Å². The highest BCUT2D eigenvalue weighted by Crippen LogP contribution is 2.31. The Hall–Kier alpha value is -2.89. The Morgan fingerprint density at radius 1 is 1.33 bits per heavy atom. The van der Waals surface area contributed by atoms with Crippen molar-refractivity contribution in [2.75, 3.05) is 24.6 Å². The Morgan fingerprint density at radius 3 is 2.88 bits per heavy atom. The standard InChI is InChI=1S/C18H20N4O2/c1-2-24-16-6-4-3-5-14(16)13-7-9-22(10-8-13)17-12-20-11-15(21-17)18(19)23/h3-7,11-12H,2,8-10H2,1H3,(H2,19,23). The van der Waals surface area contributed by atoms with Gasteiger partial charge in [-0.3, -0.25) is 9.78 Å². The number of carbonyl (C=O) groups is 1. The van der Waals surface area contributed by atoms with Crippen LogP contribution in [0, 0.1) is 0 Å². The molecule has 6 heteroatoms. The third-order valence-electron chi connectivity index (χ3n) is 3.94. The van der Waals surface area contributed by atoms with Crippen LogP contribution in [0.25, 0.3) is 5.57 Å². The van der Waals surface area contributed by atoms with Gasteiger partial charge in [0.1, 0.15) is 17.3 Å². The molecule has 0 saturated carbocycles. The van der Waals surface area contributed by atoms with Gasteiger partial charge < -0.3 is 15.4 Å². The van der Waals surface area contributed by atoms with Gasteiger partial charge in [-0.05, 0) is 25.0 Å². The Balaban J connectivity index is 1.79. The van der Waals surface area contributed by atoms with E-state index in [2.05, 4.69) is 27.0 Å². The molecule has 124 valence electrons. The van der Waals surface area contributed by atoms with Crippen LogP contribution in [0.2, 0.25) is 0 Å². The lowest BCUT2D eigenvalue weighted by Gasteiger charge is -2.28. The Labute approximate surface area is 141 Å². The number of anilines is 1. The summed E-state index contributed by atoms with van der Waals surface area (Å²) in [7, 11) is 0. The van der Waals surface area contributed by atoms with E-state index < -0.39 is 5.91 Å². The van der Waals surface area contributed by atoms with Gasteiger partial charge in [-0.2, -0.15) is 0 Å². The van der Waals surface area contributed by atoms with Gasteiger partial charge in [-0.25, -0.2) is 4.98 Å². The molecule has 24 heavy (non-hydrogen) atoms. The molecule has 2 aromatic rings. The zero-order valence-electron chi connectivity index (χ0n) is 13.6. The first-order valence-corrected chi connectivity index (χ1v) is 7.97. The molecule has 0 radical (unpaired) electrons. The maximum absolute atomic E-state index is 11.2. The maximum Gasteiger partial charge on any atom is 0.268 e. The molecule has 1 aliphatic heterocycles. The molecule has 0 spiro atoms. The second kappa shape index (κ2) is 7.12. The molecule has 0 fully saturated rings. The highest BCUT2D eigenvalue weighted by atomic mass is 16.5. The number of para-hydroxylation sites is 1. The van der Waals surface area contributed by atoms with Gasteiger partial charge in [0.2, 0.25) is 0 Å². The molecule has 1 aliphatic rings. The maximum atomic E-state index is 11.2. The smallest absolute Gasteiger partial charge is 0.268 e. The molecule has 1 aromatic heterocycles. The van der Waals surface area contributed by atoms with Crippen molar-refractivity contribution in [2.45, 2.75) is 13.3 Å².